The van der Waals surface area contributed by atoms with Crippen molar-refractivity contribution < 1.29 is 9.53 Å². The average molecular weight is 450 g/mol. The number of rotatable bonds is 8. The Morgan fingerprint density at radius 1 is 1.12 bits per heavy atom. The van der Waals surface area contributed by atoms with Crippen LogP contribution in [0.2, 0.25) is 0 Å². The van der Waals surface area contributed by atoms with Crippen molar-refractivity contribution in [2.45, 2.75) is 32.7 Å². The van der Waals surface area contributed by atoms with E-state index in [1.165, 1.54) is 29.7 Å². The summed E-state index contributed by atoms with van der Waals surface area (Å²) in [4.78, 5) is 20.7. The van der Waals surface area contributed by atoms with E-state index in [4.69, 9.17) is 4.74 Å². The Labute approximate surface area is 194 Å². The molecule has 5 nitrogen and oxygen atoms in total. The summed E-state index contributed by atoms with van der Waals surface area (Å²) in [6, 6.07) is 18.5. The molecule has 0 unspecified atom stereocenters. The minimum atomic E-state index is -0.0700. The van der Waals surface area contributed by atoms with Crippen LogP contribution in [0, 0.1) is 12.8 Å². The number of nitrogens with zero attached hydrogens (tertiary/aromatic N) is 2. The van der Waals surface area contributed by atoms with E-state index in [0.717, 1.165) is 47.9 Å². The van der Waals surface area contributed by atoms with Gasteiger partial charge in [0.15, 0.2) is 5.01 Å². The Hall–Kier alpha value is -2.70. The Balaban J connectivity index is 1.22. The number of hydrogen-bond donors (Lipinski definition) is 1. The number of aryl methyl sites for hydroxylation is 1. The quantitative estimate of drug-likeness (QED) is 0.516. The number of aromatic nitrogens is 1. The molecule has 0 spiro atoms. The van der Waals surface area contributed by atoms with Gasteiger partial charge in [-0.1, -0.05) is 30.3 Å². The maximum absolute atomic E-state index is 12.6. The van der Waals surface area contributed by atoms with Crippen LogP contribution in [0.1, 0.15) is 40.3 Å². The molecule has 4 rings (SSSR count). The van der Waals surface area contributed by atoms with Gasteiger partial charge in [-0.25, -0.2) is 4.98 Å². The van der Waals surface area contributed by atoms with Gasteiger partial charge in [0.25, 0.3) is 5.91 Å². The topological polar surface area (TPSA) is 54.5 Å². The van der Waals surface area contributed by atoms with Crippen molar-refractivity contribution in [1.82, 2.24) is 15.2 Å². The highest BCUT2D eigenvalue weighted by molar-refractivity contribution is 7.17. The Bertz CT molecular complexity index is 1010. The molecule has 6 heteroatoms. The fourth-order valence-electron chi connectivity index (χ4n) is 4.24. The molecule has 168 valence electrons. The van der Waals surface area contributed by atoms with Gasteiger partial charge in [-0.15, -0.1) is 11.3 Å². The number of likely N-dealkylation sites (tertiary alicyclic amines) is 1. The first-order valence-electron chi connectivity index (χ1n) is 11.3. The van der Waals surface area contributed by atoms with E-state index < -0.39 is 0 Å². The summed E-state index contributed by atoms with van der Waals surface area (Å²) in [6.45, 7) is 5.95. The molecule has 2 heterocycles. The first kappa shape index (κ1) is 22.5. The zero-order valence-corrected chi connectivity index (χ0v) is 19.7. The number of amides is 1. The minimum absolute atomic E-state index is 0.0700. The third kappa shape index (κ3) is 5.75. The lowest BCUT2D eigenvalue weighted by atomic mass is 9.93. The van der Waals surface area contributed by atoms with Gasteiger partial charge in [0.05, 0.1) is 17.7 Å². The monoisotopic (exact) mass is 449 g/mol. The van der Waals surface area contributed by atoms with Crippen LogP contribution in [0.3, 0.4) is 0 Å². The number of methoxy groups -OCH3 is 1. The molecule has 3 aromatic rings. The fraction of sp³-hybridized carbons (Fsp3) is 0.385. The average Bonchev–Trinajstić information content (AvgIpc) is 3.22. The molecule has 1 fully saturated rings. The standard InChI is InChI=1S/C26H31N3O2S/c1-19-24(22-8-10-23(31-2)11-9-22)32-26(28-19)25(30)27-15-12-20-13-16-29(17-14-20)18-21-6-4-3-5-7-21/h3-11,20H,12-18H2,1-2H3,(H,27,30). The van der Waals surface area contributed by atoms with Crippen LogP contribution in [0.15, 0.2) is 54.6 Å². The molecule has 32 heavy (non-hydrogen) atoms. The predicted molar refractivity (Wildman–Crippen MR) is 130 cm³/mol. The summed E-state index contributed by atoms with van der Waals surface area (Å²) >= 11 is 1.45. The van der Waals surface area contributed by atoms with Gasteiger partial charge in [0, 0.05) is 13.1 Å². The molecule has 1 saturated heterocycles. The van der Waals surface area contributed by atoms with Crippen molar-refractivity contribution in [2.75, 3.05) is 26.7 Å². The van der Waals surface area contributed by atoms with Crippen LogP contribution in [-0.2, 0) is 6.54 Å². The molecule has 1 aliphatic heterocycles. The molecule has 0 radical (unpaired) electrons. The van der Waals surface area contributed by atoms with E-state index in [1.807, 2.05) is 31.2 Å². The predicted octanol–water partition coefficient (Wildman–Crippen LogP) is 5.16. The maximum Gasteiger partial charge on any atom is 0.280 e. The van der Waals surface area contributed by atoms with Gasteiger partial charge in [-0.05, 0) is 80.6 Å². The molecule has 0 atom stereocenters. The highest BCUT2D eigenvalue weighted by atomic mass is 32.1. The van der Waals surface area contributed by atoms with Crippen molar-refractivity contribution in [3.8, 4) is 16.2 Å². The smallest absolute Gasteiger partial charge is 0.280 e. The van der Waals surface area contributed by atoms with Crippen LogP contribution in [-0.4, -0.2) is 42.5 Å². The van der Waals surface area contributed by atoms with Crippen molar-refractivity contribution in [3.63, 3.8) is 0 Å². The van der Waals surface area contributed by atoms with Crippen LogP contribution in [0.25, 0.3) is 10.4 Å². The first-order chi connectivity index (χ1) is 15.6. The number of carbonyl (C=O) groups is 1. The number of nitrogens with one attached hydrogen (secondary N) is 1. The first-order valence-corrected chi connectivity index (χ1v) is 12.1. The van der Waals surface area contributed by atoms with E-state index in [-0.39, 0.29) is 5.91 Å². The van der Waals surface area contributed by atoms with Crippen LogP contribution in [0.5, 0.6) is 5.75 Å². The molecule has 1 aliphatic rings. The van der Waals surface area contributed by atoms with E-state index in [0.29, 0.717) is 17.5 Å². The number of piperidine rings is 1. The van der Waals surface area contributed by atoms with Crippen LogP contribution in [0.4, 0.5) is 0 Å². The molecule has 1 N–H and O–H groups in total. The lowest BCUT2D eigenvalue weighted by Gasteiger charge is -2.32. The lowest BCUT2D eigenvalue weighted by Crippen LogP contribution is -2.34. The third-order valence-corrected chi connectivity index (χ3v) is 7.34. The number of hydrogen-bond acceptors (Lipinski definition) is 5. The van der Waals surface area contributed by atoms with E-state index in [1.54, 1.807) is 7.11 Å². The molecular formula is C26H31N3O2S. The second kappa shape index (κ2) is 10.7. The molecule has 0 saturated carbocycles. The summed E-state index contributed by atoms with van der Waals surface area (Å²) in [5.41, 5.74) is 3.32. The summed E-state index contributed by atoms with van der Waals surface area (Å²) in [5, 5.41) is 3.62. The number of benzene rings is 2. The largest absolute Gasteiger partial charge is 0.497 e. The summed E-state index contributed by atoms with van der Waals surface area (Å²) in [5.74, 6) is 1.43. The van der Waals surface area contributed by atoms with Crippen molar-refractivity contribution in [1.29, 1.82) is 0 Å². The van der Waals surface area contributed by atoms with Crippen molar-refractivity contribution in [2.24, 2.45) is 5.92 Å². The van der Waals surface area contributed by atoms with E-state index in [9.17, 15) is 4.79 Å². The molecule has 1 amide bonds. The fourth-order valence-corrected chi connectivity index (χ4v) is 5.23. The summed E-state index contributed by atoms with van der Waals surface area (Å²) in [7, 11) is 1.66. The van der Waals surface area contributed by atoms with Gasteiger partial charge in [-0.2, -0.15) is 0 Å². The molecule has 0 aliphatic carbocycles. The second-order valence-electron chi connectivity index (χ2n) is 8.41. The SMILES string of the molecule is COc1ccc(-c2sc(C(=O)NCCC3CCN(Cc4ccccc4)CC3)nc2C)cc1. The number of ether oxygens (including phenoxy) is 1. The lowest BCUT2D eigenvalue weighted by molar-refractivity contribution is 0.0947. The number of thiazole rings is 1. The zero-order chi connectivity index (χ0) is 22.3. The molecule has 2 aromatic carbocycles. The van der Waals surface area contributed by atoms with Gasteiger partial charge in [0.1, 0.15) is 5.75 Å². The zero-order valence-electron chi connectivity index (χ0n) is 18.8. The highest BCUT2D eigenvalue weighted by Gasteiger charge is 2.20. The van der Waals surface area contributed by atoms with E-state index >= 15 is 0 Å². The van der Waals surface area contributed by atoms with Crippen LogP contribution >= 0.6 is 11.3 Å². The third-order valence-electron chi connectivity index (χ3n) is 6.14. The Morgan fingerprint density at radius 2 is 1.84 bits per heavy atom. The molecular weight excluding hydrogens is 418 g/mol. The normalized spacial score (nSPS) is 14.9. The summed E-state index contributed by atoms with van der Waals surface area (Å²) < 4.78 is 5.23. The maximum atomic E-state index is 12.6. The van der Waals surface area contributed by atoms with Gasteiger partial charge in [-0.3, -0.25) is 9.69 Å². The minimum Gasteiger partial charge on any atom is -0.497 e. The van der Waals surface area contributed by atoms with Crippen molar-refractivity contribution in [3.05, 3.63) is 70.9 Å². The second-order valence-corrected chi connectivity index (χ2v) is 9.41. The van der Waals surface area contributed by atoms with Gasteiger partial charge >= 0.3 is 0 Å². The highest BCUT2D eigenvalue weighted by Crippen LogP contribution is 2.31. The molecule has 0 bridgehead atoms. The van der Waals surface area contributed by atoms with Gasteiger partial charge in [0.2, 0.25) is 0 Å². The Kier molecular flexibility index (Phi) is 7.55. The van der Waals surface area contributed by atoms with Gasteiger partial charge < -0.3 is 10.1 Å². The Morgan fingerprint density at radius 3 is 2.53 bits per heavy atom. The van der Waals surface area contributed by atoms with E-state index in [2.05, 4.69) is 45.5 Å². The van der Waals surface area contributed by atoms with Crippen molar-refractivity contribution >= 4 is 17.2 Å². The summed E-state index contributed by atoms with van der Waals surface area (Å²) in [6.07, 6.45) is 3.42. The number of carbonyl (C=O) groups excluding carboxylic acids is 1. The van der Waals surface area contributed by atoms with Crippen LogP contribution < -0.4 is 10.1 Å². The molecule has 1 aromatic heterocycles.